The molecule has 4 heterocycles. The molecule has 10 heteroatoms. The molecule has 0 aliphatic carbocycles. The maximum absolute atomic E-state index is 12.5. The standard InChI is InChI=1S/C19H19N9O/c1-13-17(11-27(25-13)14-4-2-6-21-9-14)23-19(29)24-18-12-28(26-16(18)8-20)15-5-3-7-22-10-15/h2-7,9-12H,8,20H2,1H3,(H2,23,24,29). The molecule has 0 saturated carbocycles. The Morgan fingerprint density at radius 3 is 2.14 bits per heavy atom. The molecule has 2 amide bonds. The van der Waals surface area contributed by atoms with E-state index in [4.69, 9.17) is 5.73 Å². The van der Waals surface area contributed by atoms with Crippen molar-refractivity contribution in [3.8, 4) is 11.4 Å². The summed E-state index contributed by atoms with van der Waals surface area (Å²) in [6.07, 6.45) is 10.2. The predicted octanol–water partition coefficient (Wildman–Crippen LogP) is 2.26. The molecule has 0 fully saturated rings. The van der Waals surface area contributed by atoms with Gasteiger partial charge in [-0.05, 0) is 31.2 Å². The van der Waals surface area contributed by atoms with Crippen LogP contribution in [0.2, 0.25) is 0 Å². The lowest BCUT2D eigenvalue weighted by atomic mass is 10.3. The van der Waals surface area contributed by atoms with Gasteiger partial charge in [0, 0.05) is 18.9 Å². The van der Waals surface area contributed by atoms with Gasteiger partial charge >= 0.3 is 6.03 Å². The lowest BCUT2D eigenvalue weighted by molar-refractivity contribution is 0.262. The zero-order chi connectivity index (χ0) is 20.2. The quantitative estimate of drug-likeness (QED) is 0.480. The summed E-state index contributed by atoms with van der Waals surface area (Å²) < 4.78 is 3.28. The second-order valence-corrected chi connectivity index (χ2v) is 6.21. The first-order valence-electron chi connectivity index (χ1n) is 8.87. The minimum absolute atomic E-state index is 0.181. The number of carbonyl (C=O) groups is 1. The first-order chi connectivity index (χ1) is 14.1. The smallest absolute Gasteiger partial charge is 0.323 e. The molecule has 4 N–H and O–H groups in total. The summed E-state index contributed by atoms with van der Waals surface area (Å²) in [5.74, 6) is 0. The van der Waals surface area contributed by atoms with Gasteiger partial charge in [0.2, 0.25) is 0 Å². The molecule has 4 aromatic rings. The molecule has 10 nitrogen and oxygen atoms in total. The van der Waals surface area contributed by atoms with Crippen molar-refractivity contribution >= 4 is 17.4 Å². The summed E-state index contributed by atoms with van der Waals surface area (Å²) in [4.78, 5) is 20.7. The van der Waals surface area contributed by atoms with Crippen LogP contribution in [0.15, 0.2) is 61.4 Å². The molecular weight excluding hydrogens is 370 g/mol. The Labute approximate surface area is 166 Å². The third kappa shape index (κ3) is 3.96. The summed E-state index contributed by atoms with van der Waals surface area (Å²) in [5.41, 5.74) is 9.69. The highest BCUT2D eigenvalue weighted by Gasteiger charge is 2.14. The number of urea groups is 1. The third-order valence-electron chi connectivity index (χ3n) is 4.20. The van der Waals surface area contributed by atoms with Crippen molar-refractivity contribution in [3.05, 3.63) is 72.8 Å². The fraction of sp³-hybridized carbons (Fsp3) is 0.105. The van der Waals surface area contributed by atoms with Gasteiger partial charge < -0.3 is 16.4 Å². The molecule has 0 atom stereocenters. The first kappa shape index (κ1) is 18.3. The van der Waals surface area contributed by atoms with Gasteiger partial charge in [-0.2, -0.15) is 10.2 Å². The van der Waals surface area contributed by atoms with Crippen molar-refractivity contribution in [1.82, 2.24) is 29.5 Å². The normalized spacial score (nSPS) is 10.7. The molecular formula is C19H19N9O. The maximum atomic E-state index is 12.5. The van der Waals surface area contributed by atoms with E-state index in [9.17, 15) is 4.79 Å². The highest BCUT2D eigenvalue weighted by Crippen LogP contribution is 2.19. The number of anilines is 2. The van der Waals surface area contributed by atoms with Gasteiger partial charge in [-0.1, -0.05) is 0 Å². The Morgan fingerprint density at radius 1 is 0.966 bits per heavy atom. The van der Waals surface area contributed by atoms with E-state index in [1.54, 1.807) is 46.5 Å². The zero-order valence-electron chi connectivity index (χ0n) is 15.6. The number of nitrogens with zero attached hydrogens (tertiary/aromatic N) is 6. The van der Waals surface area contributed by atoms with Gasteiger partial charge in [-0.3, -0.25) is 9.97 Å². The Morgan fingerprint density at radius 2 is 1.55 bits per heavy atom. The summed E-state index contributed by atoms with van der Waals surface area (Å²) >= 11 is 0. The fourth-order valence-electron chi connectivity index (χ4n) is 2.77. The Kier molecular flexibility index (Phi) is 4.99. The molecule has 146 valence electrons. The van der Waals surface area contributed by atoms with Crippen LogP contribution in [0.1, 0.15) is 11.4 Å². The number of hydrogen-bond donors (Lipinski definition) is 3. The average Bonchev–Trinajstić information content (AvgIpc) is 3.32. The molecule has 0 radical (unpaired) electrons. The van der Waals surface area contributed by atoms with Gasteiger partial charge in [0.1, 0.15) is 5.69 Å². The van der Waals surface area contributed by atoms with Gasteiger partial charge in [-0.15, -0.1) is 0 Å². The number of aromatic nitrogens is 6. The van der Waals surface area contributed by atoms with Crippen molar-refractivity contribution in [2.24, 2.45) is 5.73 Å². The van der Waals surface area contributed by atoms with Crippen LogP contribution in [-0.4, -0.2) is 35.6 Å². The Hall–Kier alpha value is -4.05. The first-order valence-corrected chi connectivity index (χ1v) is 8.87. The number of carbonyl (C=O) groups excluding carboxylic acids is 1. The van der Waals surface area contributed by atoms with Crippen LogP contribution >= 0.6 is 0 Å². The highest BCUT2D eigenvalue weighted by atomic mass is 16.2. The van der Waals surface area contributed by atoms with Crippen molar-refractivity contribution < 1.29 is 4.79 Å². The topological polar surface area (TPSA) is 129 Å². The molecule has 0 aliphatic rings. The molecule has 0 aromatic carbocycles. The number of nitrogens with one attached hydrogen (secondary N) is 2. The predicted molar refractivity (Wildman–Crippen MR) is 108 cm³/mol. The van der Waals surface area contributed by atoms with Crippen LogP contribution in [0.4, 0.5) is 16.2 Å². The van der Waals surface area contributed by atoms with Gasteiger partial charge in [0.05, 0.1) is 53.2 Å². The molecule has 0 bridgehead atoms. The van der Waals surface area contributed by atoms with E-state index in [0.717, 1.165) is 11.4 Å². The largest absolute Gasteiger partial charge is 0.325 e. The summed E-state index contributed by atoms with van der Waals surface area (Å²) in [7, 11) is 0. The number of nitrogens with two attached hydrogens (primary N) is 1. The lowest BCUT2D eigenvalue weighted by Gasteiger charge is -2.05. The zero-order valence-corrected chi connectivity index (χ0v) is 15.6. The maximum Gasteiger partial charge on any atom is 0.323 e. The molecule has 29 heavy (non-hydrogen) atoms. The van der Waals surface area contributed by atoms with Crippen LogP contribution < -0.4 is 16.4 Å². The molecule has 4 rings (SSSR count). The second kappa shape index (κ2) is 7.90. The number of aryl methyl sites for hydroxylation is 1. The number of amides is 2. The Bertz CT molecular complexity index is 1120. The SMILES string of the molecule is Cc1nn(-c2cccnc2)cc1NC(=O)Nc1cn(-c2cccnc2)nc1CN. The van der Waals surface area contributed by atoms with Crippen LogP contribution in [0.5, 0.6) is 0 Å². The van der Waals surface area contributed by atoms with Crippen LogP contribution in [0.25, 0.3) is 11.4 Å². The van der Waals surface area contributed by atoms with E-state index in [0.29, 0.717) is 22.8 Å². The van der Waals surface area contributed by atoms with Crippen molar-refractivity contribution in [3.63, 3.8) is 0 Å². The van der Waals surface area contributed by atoms with E-state index in [2.05, 4.69) is 30.8 Å². The fourth-order valence-corrected chi connectivity index (χ4v) is 2.77. The third-order valence-corrected chi connectivity index (χ3v) is 4.20. The van der Waals surface area contributed by atoms with Gasteiger partial charge in [-0.25, -0.2) is 14.2 Å². The summed E-state index contributed by atoms with van der Waals surface area (Å²) in [5, 5.41) is 14.4. The van der Waals surface area contributed by atoms with Crippen LogP contribution in [-0.2, 0) is 6.54 Å². The molecule has 0 saturated heterocycles. The Balaban J connectivity index is 1.51. The van der Waals surface area contributed by atoms with Crippen molar-refractivity contribution in [1.29, 1.82) is 0 Å². The van der Waals surface area contributed by atoms with E-state index in [-0.39, 0.29) is 6.54 Å². The molecule has 0 unspecified atom stereocenters. The minimum atomic E-state index is -0.417. The minimum Gasteiger partial charge on any atom is -0.325 e. The molecule has 0 aliphatic heterocycles. The van der Waals surface area contributed by atoms with E-state index < -0.39 is 6.03 Å². The van der Waals surface area contributed by atoms with Crippen molar-refractivity contribution in [2.45, 2.75) is 13.5 Å². The molecule has 4 aromatic heterocycles. The van der Waals surface area contributed by atoms with E-state index in [1.165, 1.54) is 0 Å². The van der Waals surface area contributed by atoms with E-state index >= 15 is 0 Å². The average molecular weight is 389 g/mol. The number of pyridine rings is 2. The van der Waals surface area contributed by atoms with Gasteiger partial charge in [0.25, 0.3) is 0 Å². The summed E-state index contributed by atoms with van der Waals surface area (Å²) in [6, 6.07) is 6.95. The van der Waals surface area contributed by atoms with Gasteiger partial charge in [0.15, 0.2) is 0 Å². The monoisotopic (exact) mass is 389 g/mol. The molecule has 0 spiro atoms. The van der Waals surface area contributed by atoms with Crippen LogP contribution in [0.3, 0.4) is 0 Å². The van der Waals surface area contributed by atoms with E-state index in [1.807, 2.05) is 31.2 Å². The highest BCUT2D eigenvalue weighted by molar-refractivity contribution is 6.00. The second-order valence-electron chi connectivity index (χ2n) is 6.21. The lowest BCUT2D eigenvalue weighted by Crippen LogP contribution is -2.20. The number of rotatable bonds is 5. The van der Waals surface area contributed by atoms with Crippen LogP contribution in [0, 0.1) is 6.92 Å². The van der Waals surface area contributed by atoms with Crippen molar-refractivity contribution in [2.75, 3.05) is 10.6 Å². The summed E-state index contributed by atoms with van der Waals surface area (Å²) in [6.45, 7) is 2.00. The number of hydrogen-bond acceptors (Lipinski definition) is 6.